The van der Waals surface area contributed by atoms with E-state index in [4.69, 9.17) is 10.6 Å². The summed E-state index contributed by atoms with van der Waals surface area (Å²) in [7, 11) is -3.25. The van der Waals surface area contributed by atoms with Crippen molar-refractivity contribution >= 4 is 25.2 Å². The molecular weight excluding hydrogens is 324 g/mol. The van der Waals surface area contributed by atoms with Crippen molar-refractivity contribution in [2.75, 3.05) is 12.8 Å². The van der Waals surface area contributed by atoms with Gasteiger partial charge in [0, 0.05) is 12.8 Å². The monoisotopic (exact) mass is 345 g/mol. The second kappa shape index (κ2) is 10.4. The van der Waals surface area contributed by atoms with E-state index in [-0.39, 0.29) is 42.1 Å². The Labute approximate surface area is 151 Å². The minimum Gasteiger partial charge on any atom is -0.548 e. The molecule has 22 heavy (non-hydrogen) atoms. The number of nitrogens with two attached hydrogens (primary N) is 1. The number of carboxylic acid groups (broad SMARTS) is 1. The van der Waals surface area contributed by atoms with Crippen molar-refractivity contribution in [1.29, 1.82) is 0 Å². The molecule has 0 heterocycles. The molecule has 2 amide bonds. The molecule has 0 rings (SSSR count). The molecule has 0 radical (unpaired) electrons. The van der Waals surface area contributed by atoms with Gasteiger partial charge in [0.25, 0.3) is 0 Å². The summed E-state index contributed by atoms with van der Waals surface area (Å²) < 4.78 is 11.1. The van der Waals surface area contributed by atoms with E-state index in [2.05, 4.69) is 10.6 Å². The maximum Gasteiger partial charge on any atom is 1.00 e. The van der Waals surface area contributed by atoms with Crippen LogP contribution in [0.15, 0.2) is 0 Å². The molecule has 0 aromatic carbocycles. The van der Waals surface area contributed by atoms with Gasteiger partial charge in [-0.15, -0.1) is 0 Å². The van der Waals surface area contributed by atoms with Crippen LogP contribution in [0.2, 0.25) is 0 Å². The average molecular weight is 345 g/mol. The van der Waals surface area contributed by atoms with Gasteiger partial charge in [-0.1, -0.05) is 0 Å². The molecule has 122 valence electrons. The van der Waals surface area contributed by atoms with Crippen LogP contribution in [0.5, 0.6) is 0 Å². The molecule has 5 N–H and O–H groups in total. The van der Waals surface area contributed by atoms with Gasteiger partial charge in [0.1, 0.15) is 6.04 Å². The van der Waals surface area contributed by atoms with E-state index in [9.17, 15) is 24.1 Å². The van der Waals surface area contributed by atoms with Crippen LogP contribution in [0.25, 0.3) is 0 Å². The van der Waals surface area contributed by atoms with E-state index in [1.807, 2.05) is 0 Å². The molecule has 9 nitrogen and oxygen atoms in total. The van der Waals surface area contributed by atoms with Gasteiger partial charge in [-0.25, -0.2) is 0 Å². The van der Waals surface area contributed by atoms with Crippen LogP contribution in [-0.2, 0) is 18.9 Å². The van der Waals surface area contributed by atoms with E-state index < -0.39 is 43.3 Å². The smallest absolute Gasteiger partial charge is 0.548 e. The fourth-order valence-corrected chi connectivity index (χ4v) is 2.05. The number of aliphatic carboxylic acids is 1. The summed E-state index contributed by atoms with van der Waals surface area (Å²) in [6.07, 6.45) is -0.107. The van der Waals surface area contributed by atoms with Crippen LogP contribution in [0.3, 0.4) is 0 Å². The largest absolute Gasteiger partial charge is 1.00 e. The predicted octanol–water partition coefficient (Wildman–Crippen LogP) is -5.63. The first kappa shape index (κ1) is 23.8. The van der Waals surface area contributed by atoms with Crippen molar-refractivity contribution in [3.63, 3.8) is 0 Å². The molecule has 0 saturated heterocycles. The van der Waals surface area contributed by atoms with E-state index in [0.717, 1.165) is 6.66 Å². The quantitative estimate of drug-likeness (QED) is 0.252. The van der Waals surface area contributed by atoms with Crippen LogP contribution in [0.4, 0.5) is 0 Å². The molecule has 4 atom stereocenters. The maximum absolute atomic E-state index is 11.7. The minimum absolute atomic E-state index is 0. The zero-order valence-corrected chi connectivity index (χ0v) is 16.1. The van der Waals surface area contributed by atoms with Gasteiger partial charge in [-0.05, 0) is 20.3 Å². The molecule has 0 bridgehead atoms. The van der Waals surface area contributed by atoms with Crippen LogP contribution in [0, 0.1) is 0 Å². The Kier molecular flexibility index (Phi) is 11.2. The van der Waals surface area contributed by atoms with Crippen LogP contribution in [0.1, 0.15) is 20.3 Å². The van der Waals surface area contributed by atoms with Gasteiger partial charge in [0.15, 0.2) is 7.37 Å². The molecular formula is C11H21N3NaO6P. The number of carboxylic acids is 1. The summed E-state index contributed by atoms with van der Waals surface area (Å²) in [5.74, 6) is -2.80. The summed E-state index contributed by atoms with van der Waals surface area (Å²) in [5.41, 5.74) is 5.54. The van der Waals surface area contributed by atoms with E-state index in [0.29, 0.717) is 0 Å². The molecule has 0 aliphatic carbocycles. The summed E-state index contributed by atoms with van der Waals surface area (Å²) in [6, 6.07) is -3.21. The minimum atomic E-state index is -3.25. The maximum atomic E-state index is 11.7. The molecule has 0 aliphatic rings. The molecule has 11 heteroatoms. The SMILES string of the molecule is C[C@H](NC(=O)[C@H](C)NC(=O)C(N)CCP(C)(=O)O)C(=O)[O-].[Na+]. The third-order valence-electron chi connectivity index (χ3n) is 2.66. The predicted molar refractivity (Wildman–Crippen MR) is 73.4 cm³/mol. The van der Waals surface area contributed by atoms with Crippen molar-refractivity contribution in [3.8, 4) is 0 Å². The Morgan fingerprint density at radius 1 is 1.18 bits per heavy atom. The van der Waals surface area contributed by atoms with E-state index in [1.54, 1.807) is 0 Å². The van der Waals surface area contributed by atoms with Gasteiger partial charge in [-0.2, -0.15) is 0 Å². The summed E-state index contributed by atoms with van der Waals surface area (Å²) in [6.45, 7) is 3.75. The Morgan fingerprint density at radius 2 is 1.64 bits per heavy atom. The molecule has 0 spiro atoms. The molecule has 0 aromatic rings. The second-order valence-electron chi connectivity index (χ2n) is 4.95. The van der Waals surface area contributed by atoms with Gasteiger partial charge in [0.2, 0.25) is 11.8 Å². The van der Waals surface area contributed by atoms with E-state index in [1.165, 1.54) is 13.8 Å². The molecule has 2 unspecified atom stereocenters. The second-order valence-corrected chi connectivity index (χ2v) is 7.50. The number of rotatable bonds is 8. The number of hydrogen-bond donors (Lipinski definition) is 4. The van der Waals surface area contributed by atoms with Crippen molar-refractivity contribution in [2.45, 2.75) is 38.4 Å². The summed E-state index contributed by atoms with van der Waals surface area (Å²) >= 11 is 0. The number of carbonyl (C=O) groups excluding carboxylic acids is 3. The van der Waals surface area contributed by atoms with E-state index >= 15 is 0 Å². The van der Waals surface area contributed by atoms with Crippen molar-refractivity contribution in [2.24, 2.45) is 5.73 Å². The van der Waals surface area contributed by atoms with Gasteiger partial charge in [-0.3, -0.25) is 14.2 Å². The Bertz CT molecular complexity index is 455. The van der Waals surface area contributed by atoms with Crippen LogP contribution >= 0.6 is 7.37 Å². The third kappa shape index (κ3) is 10.3. The topological polar surface area (TPSA) is 162 Å². The molecule has 0 saturated carbocycles. The zero-order chi connectivity index (χ0) is 16.8. The number of hydrogen-bond acceptors (Lipinski definition) is 6. The van der Waals surface area contributed by atoms with Crippen molar-refractivity contribution in [1.82, 2.24) is 10.6 Å². The third-order valence-corrected chi connectivity index (χ3v) is 3.74. The molecule has 0 fully saturated rings. The Hall–Kier alpha value is -0.440. The first-order valence-electron chi connectivity index (χ1n) is 6.30. The van der Waals surface area contributed by atoms with Crippen LogP contribution in [-0.4, -0.2) is 53.6 Å². The summed E-state index contributed by atoms with van der Waals surface area (Å²) in [4.78, 5) is 42.9. The first-order valence-corrected chi connectivity index (χ1v) is 8.59. The van der Waals surface area contributed by atoms with Gasteiger partial charge < -0.3 is 31.2 Å². The number of carbonyl (C=O) groups is 3. The number of amides is 2. The van der Waals surface area contributed by atoms with Gasteiger partial charge >= 0.3 is 29.6 Å². The summed E-state index contributed by atoms with van der Waals surface area (Å²) in [5, 5.41) is 14.9. The number of nitrogens with one attached hydrogen (secondary N) is 2. The Balaban J connectivity index is 0. The van der Waals surface area contributed by atoms with Crippen molar-refractivity contribution < 1.29 is 58.5 Å². The van der Waals surface area contributed by atoms with Gasteiger partial charge in [0.05, 0.1) is 18.1 Å². The zero-order valence-electron chi connectivity index (χ0n) is 13.2. The average Bonchev–Trinajstić information content (AvgIpc) is 2.34. The van der Waals surface area contributed by atoms with Crippen LogP contribution < -0.4 is 51.0 Å². The normalized spacial score (nSPS) is 17.1. The fourth-order valence-electron chi connectivity index (χ4n) is 1.29. The Morgan fingerprint density at radius 3 is 2.05 bits per heavy atom. The first-order chi connectivity index (χ1) is 9.44. The molecule has 0 aromatic heterocycles. The van der Waals surface area contributed by atoms with Crippen molar-refractivity contribution in [3.05, 3.63) is 0 Å². The fraction of sp³-hybridized carbons (Fsp3) is 0.727. The molecule has 0 aliphatic heterocycles. The standard InChI is InChI=1S/C11H22N3O6P.Na/c1-6(9(15)14-7(2)11(17)18)13-10(16)8(12)4-5-21(3,19)20;/h6-8H,4-5,12H2,1-3H3,(H,13,16)(H,14,15)(H,17,18)(H,19,20);/q;+1/p-1/t6-,7-,8?;/m0./s1.